The van der Waals surface area contributed by atoms with E-state index in [1.807, 2.05) is 47.1 Å². The molecule has 2 heterocycles. The highest BCUT2D eigenvalue weighted by molar-refractivity contribution is 7.98. The predicted molar refractivity (Wildman–Crippen MR) is 109 cm³/mol. The summed E-state index contributed by atoms with van der Waals surface area (Å²) in [5, 5.41) is 8.41. The maximum Gasteiger partial charge on any atom is 0.251 e. The van der Waals surface area contributed by atoms with Crippen molar-refractivity contribution in [2.75, 3.05) is 0 Å². The van der Waals surface area contributed by atoms with Crippen molar-refractivity contribution in [1.82, 2.24) is 25.1 Å². The number of rotatable bonds is 6. The Morgan fingerprint density at radius 2 is 1.93 bits per heavy atom. The summed E-state index contributed by atoms with van der Waals surface area (Å²) in [7, 11) is 0. The van der Waals surface area contributed by atoms with Gasteiger partial charge in [0.15, 0.2) is 0 Å². The third-order valence-corrected chi connectivity index (χ3v) is 6.10. The van der Waals surface area contributed by atoms with Crippen molar-refractivity contribution in [2.24, 2.45) is 0 Å². The standard InChI is InChI=1S/C21H23N5OS/c27-21(25-18-8-10-19(11-9-18)26-15-22-14-24-26)17-6-4-16(5-7-17)13-28-20-3-1-2-12-23-20/h1-7,12,14-15,18-19H,8-11,13H2,(H,25,27). The molecule has 0 unspecified atom stereocenters. The van der Waals surface area contributed by atoms with Crippen LogP contribution in [-0.4, -0.2) is 31.7 Å². The fourth-order valence-corrected chi connectivity index (χ4v) is 4.32. The molecular formula is C21H23N5OS. The Bertz CT molecular complexity index is 875. The summed E-state index contributed by atoms with van der Waals surface area (Å²) >= 11 is 1.69. The van der Waals surface area contributed by atoms with Gasteiger partial charge in [0.05, 0.1) is 11.1 Å². The maximum absolute atomic E-state index is 12.6. The highest BCUT2D eigenvalue weighted by Gasteiger charge is 2.24. The van der Waals surface area contributed by atoms with E-state index in [2.05, 4.69) is 20.4 Å². The lowest BCUT2D eigenvalue weighted by Gasteiger charge is -2.29. The molecule has 0 radical (unpaired) electrons. The number of hydrogen-bond donors (Lipinski definition) is 1. The highest BCUT2D eigenvalue weighted by Crippen LogP contribution is 2.27. The number of pyridine rings is 1. The zero-order chi connectivity index (χ0) is 19.2. The van der Waals surface area contributed by atoms with Gasteiger partial charge in [-0.25, -0.2) is 14.6 Å². The van der Waals surface area contributed by atoms with Gasteiger partial charge in [-0.3, -0.25) is 4.79 Å². The molecule has 0 bridgehead atoms. The lowest BCUT2D eigenvalue weighted by molar-refractivity contribution is 0.0921. The normalized spacial score (nSPS) is 19.3. The minimum Gasteiger partial charge on any atom is -0.349 e. The summed E-state index contributed by atoms with van der Waals surface area (Å²) in [4.78, 5) is 20.9. The van der Waals surface area contributed by atoms with Crippen LogP contribution in [0.5, 0.6) is 0 Å². The predicted octanol–water partition coefficient (Wildman–Crippen LogP) is 3.88. The first kappa shape index (κ1) is 18.7. The Balaban J connectivity index is 1.26. The fourth-order valence-electron chi connectivity index (χ4n) is 3.50. The van der Waals surface area contributed by atoms with Crippen LogP contribution in [0.3, 0.4) is 0 Å². The Kier molecular flexibility index (Phi) is 6.01. The van der Waals surface area contributed by atoms with Crippen molar-refractivity contribution < 1.29 is 4.79 Å². The van der Waals surface area contributed by atoms with Gasteiger partial charge in [-0.15, -0.1) is 11.8 Å². The van der Waals surface area contributed by atoms with Gasteiger partial charge in [0, 0.05) is 23.6 Å². The summed E-state index contributed by atoms with van der Waals surface area (Å²) in [6.45, 7) is 0. The number of carbonyl (C=O) groups is 1. The second-order valence-electron chi connectivity index (χ2n) is 7.01. The second-order valence-corrected chi connectivity index (χ2v) is 8.00. The van der Waals surface area contributed by atoms with Gasteiger partial charge in [-0.05, 0) is 55.5 Å². The molecular weight excluding hydrogens is 370 g/mol. The molecule has 28 heavy (non-hydrogen) atoms. The van der Waals surface area contributed by atoms with Gasteiger partial charge in [0.2, 0.25) is 0 Å². The van der Waals surface area contributed by atoms with E-state index in [9.17, 15) is 4.79 Å². The average Bonchev–Trinajstić information content (AvgIpc) is 3.29. The van der Waals surface area contributed by atoms with E-state index in [0.29, 0.717) is 11.6 Å². The van der Waals surface area contributed by atoms with Crippen molar-refractivity contribution in [1.29, 1.82) is 0 Å². The van der Waals surface area contributed by atoms with E-state index < -0.39 is 0 Å². The molecule has 7 heteroatoms. The number of thioether (sulfide) groups is 1. The van der Waals surface area contributed by atoms with Gasteiger partial charge in [0.25, 0.3) is 5.91 Å². The number of hydrogen-bond acceptors (Lipinski definition) is 5. The molecule has 0 spiro atoms. The smallest absolute Gasteiger partial charge is 0.251 e. The number of nitrogens with one attached hydrogen (secondary N) is 1. The summed E-state index contributed by atoms with van der Waals surface area (Å²) in [5.41, 5.74) is 1.89. The topological polar surface area (TPSA) is 72.7 Å². The minimum absolute atomic E-state index is 0.00753. The minimum atomic E-state index is 0.00753. The molecule has 1 aliphatic rings. The largest absolute Gasteiger partial charge is 0.349 e. The van der Waals surface area contributed by atoms with Crippen molar-refractivity contribution in [3.05, 3.63) is 72.4 Å². The van der Waals surface area contributed by atoms with Gasteiger partial charge in [-0.1, -0.05) is 18.2 Å². The first-order valence-electron chi connectivity index (χ1n) is 9.55. The van der Waals surface area contributed by atoms with Crippen molar-refractivity contribution in [2.45, 2.75) is 48.5 Å². The summed E-state index contributed by atoms with van der Waals surface area (Å²) in [6.07, 6.45) is 9.11. The molecule has 1 N–H and O–H groups in total. The SMILES string of the molecule is O=C(NC1CCC(n2cncn2)CC1)c1ccc(CSc2ccccn2)cc1. The fraction of sp³-hybridized carbons (Fsp3) is 0.333. The van der Waals surface area contributed by atoms with Gasteiger partial charge >= 0.3 is 0 Å². The third kappa shape index (κ3) is 4.78. The Hall–Kier alpha value is -2.67. The van der Waals surface area contributed by atoms with E-state index in [4.69, 9.17) is 0 Å². The van der Waals surface area contributed by atoms with Crippen LogP contribution in [0, 0.1) is 0 Å². The summed E-state index contributed by atoms with van der Waals surface area (Å²) < 4.78 is 1.93. The van der Waals surface area contributed by atoms with Crippen LogP contribution in [0.25, 0.3) is 0 Å². The second kappa shape index (κ2) is 9.01. The number of carbonyl (C=O) groups excluding carboxylic acids is 1. The summed E-state index contributed by atoms with van der Waals surface area (Å²) in [5.74, 6) is 0.846. The van der Waals surface area contributed by atoms with E-state index in [1.165, 1.54) is 5.56 Å². The van der Waals surface area contributed by atoms with Gasteiger partial charge in [0.1, 0.15) is 12.7 Å². The van der Waals surface area contributed by atoms with E-state index in [1.54, 1.807) is 30.6 Å². The van der Waals surface area contributed by atoms with Gasteiger partial charge < -0.3 is 5.32 Å². The van der Waals surface area contributed by atoms with Crippen LogP contribution in [0.1, 0.15) is 47.6 Å². The van der Waals surface area contributed by atoms with Crippen LogP contribution in [0.2, 0.25) is 0 Å². The summed E-state index contributed by atoms with van der Waals surface area (Å²) in [6, 6.07) is 14.4. The quantitative estimate of drug-likeness (QED) is 0.644. The molecule has 0 aliphatic heterocycles. The molecule has 6 nitrogen and oxygen atoms in total. The molecule has 0 atom stereocenters. The monoisotopic (exact) mass is 393 g/mol. The molecule has 1 aromatic carbocycles. The number of benzene rings is 1. The average molecular weight is 394 g/mol. The van der Waals surface area contributed by atoms with Crippen molar-refractivity contribution in [3.63, 3.8) is 0 Å². The van der Waals surface area contributed by atoms with Crippen LogP contribution < -0.4 is 5.32 Å². The Labute approximate surface area is 168 Å². The van der Waals surface area contributed by atoms with Gasteiger partial charge in [-0.2, -0.15) is 5.10 Å². The number of aromatic nitrogens is 4. The molecule has 1 amide bonds. The lowest BCUT2D eigenvalue weighted by Crippen LogP contribution is -2.38. The lowest BCUT2D eigenvalue weighted by atomic mass is 9.91. The number of amides is 1. The van der Waals surface area contributed by atoms with E-state index >= 15 is 0 Å². The Morgan fingerprint density at radius 1 is 1.11 bits per heavy atom. The van der Waals surface area contributed by atoms with Crippen LogP contribution >= 0.6 is 11.8 Å². The molecule has 2 aromatic heterocycles. The molecule has 3 aromatic rings. The first-order valence-corrected chi connectivity index (χ1v) is 10.5. The van der Waals surface area contributed by atoms with Crippen molar-refractivity contribution in [3.8, 4) is 0 Å². The Morgan fingerprint density at radius 3 is 2.61 bits per heavy atom. The highest BCUT2D eigenvalue weighted by atomic mass is 32.2. The van der Waals surface area contributed by atoms with E-state index in [0.717, 1.165) is 36.5 Å². The molecule has 1 aliphatic carbocycles. The van der Waals surface area contributed by atoms with Crippen molar-refractivity contribution >= 4 is 17.7 Å². The first-order chi connectivity index (χ1) is 13.8. The third-order valence-electron chi connectivity index (χ3n) is 5.08. The van der Waals surface area contributed by atoms with E-state index in [-0.39, 0.29) is 11.9 Å². The zero-order valence-corrected chi connectivity index (χ0v) is 16.4. The maximum atomic E-state index is 12.6. The van der Waals surface area contributed by atoms with Crippen LogP contribution in [-0.2, 0) is 5.75 Å². The molecule has 144 valence electrons. The molecule has 1 fully saturated rings. The molecule has 1 saturated carbocycles. The molecule has 4 rings (SSSR count). The van der Waals surface area contributed by atoms with Crippen LogP contribution in [0.4, 0.5) is 0 Å². The number of nitrogens with zero attached hydrogens (tertiary/aromatic N) is 4. The van der Waals surface area contributed by atoms with Crippen LogP contribution in [0.15, 0.2) is 66.3 Å². The molecule has 0 saturated heterocycles. The zero-order valence-electron chi connectivity index (χ0n) is 15.6.